The average molecular weight is 288 g/mol. The van der Waals surface area contributed by atoms with Crippen molar-refractivity contribution in [2.75, 3.05) is 0 Å². The Morgan fingerprint density at radius 1 is 1.19 bits per heavy atom. The van der Waals surface area contributed by atoms with Crippen LogP contribution in [0.3, 0.4) is 0 Å². The van der Waals surface area contributed by atoms with Crippen LogP contribution in [0.1, 0.15) is 32.4 Å². The monoisotopic (exact) mass is 288 g/mol. The summed E-state index contributed by atoms with van der Waals surface area (Å²) in [5.41, 5.74) is 6.05. The summed E-state index contributed by atoms with van der Waals surface area (Å²) in [4.78, 5) is 23.6. The third-order valence-electron chi connectivity index (χ3n) is 3.54. The number of primary amides is 1. The second-order valence-electron chi connectivity index (χ2n) is 5.54. The first-order valence-electron chi connectivity index (χ1n) is 6.98. The molecule has 0 radical (unpaired) electrons. The molecule has 3 N–H and O–H groups in total. The Hall–Kier alpha value is -2.30. The van der Waals surface area contributed by atoms with Crippen LogP contribution in [0.15, 0.2) is 34.7 Å². The van der Waals surface area contributed by atoms with Crippen LogP contribution in [0.2, 0.25) is 0 Å². The van der Waals surface area contributed by atoms with Crippen molar-refractivity contribution in [3.8, 4) is 0 Å². The van der Waals surface area contributed by atoms with Crippen molar-refractivity contribution < 1.29 is 14.0 Å². The minimum Gasteiger partial charge on any atom is -0.460 e. The van der Waals surface area contributed by atoms with Gasteiger partial charge in [0.1, 0.15) is 17.4 Å². The minimum atomic E-state index is -0.677. The number of fused-ring (bicyclic) bond motifs is 1. The Balaban J connectivity index is 2.16. The standard InChI is InChI=1S/C16H20N2O3/c1-9(2)14(15(17)19)18-16(20)10(3)13-8-11-6-4-5-7-12(11)21-13/h4-10,14H,1-3H3,(H2,17,19)(H,18,20)/t10-,14-/m0/s1. The molecule has 0 aliphatic carbocycles. The van der Waals surface area contributed by atoms with E-state index in [9.17, 15) is 9.59 Å². The van der Waals surface area contributed by atoms with Gasteiger partial charge in [-0.15, -0.1) is 0 Å². The molecule has 0 bridgehead atoms. The number of carbonyl (C=O) groups excluding carboxylic acids is 2. The quantitative estimate of drug-likeness (QED) is 0.884. The highest BCUT2D eigenvalue weighted by molar-refractivity contribution is 5.90. The van der Waals surface area contributed by atoms with Crippen molar-refractivity contribution in [1.29, 1.82) is 0 Å². The smallest absolute Gasteiger partial charge is 0.240 e. The minimum absolute atomic E-state index is 0.0608. The van der Waals surface area contributed by atoms with Crippen molar-refractivity contribution in [1.82, 2.24) is 5.32 Å². The summed E-state index contributed by atoms with van der Waals surface area (Å²) in [5, 5.41) is 3.63. The number of nitrogens with one attached hydrogen (secondary N) is 1. The summed E-state index contributed by atoms with van der Waals surface area (Å²) < 4.78 is 5.68. The fourth-order valence-corrected chi connectivity index (χ4v) is 2.19. The van der Waals surface area contributed by atoms with Crippen molar-refractivity contribution >= 4 is 22.8 Å². The molecule has 0 aliphatic rings. The van der Waals surface area contributed by atoms with Crippen LogP contribution in [0.4, 0.5) is 0 Å². The van der Waals surface area contributed by atoms with E-state index in [1.54, 1.807) is 6.92 Å². The molecule has 0 spiro atoms. The molecule has 112 valence electrons. The molecule has 2 rings (SSSR count). The van der Waals surface area contributed by atoms with Gasteiger partial charge in [0, 0.05) is 5.39 Å². The number of rotatable bonds is 5. The number of para-hydroxylation sites is 1. The summed E-state index contributed by atoms with van der Waals surface area (Å²) in [5.74, 6) is -0.783. The van der Waals surface area contributed by atoms with Crippen LogP contribution < -0.4 is 11.1 Å². The van der Waals surface area contributed by atoms with Crippen LogP contribution in [-0.2, 0) is 9.59 Å². The van der Waals surface area contributed by atoms with Crippen molar-refractivity contribution in [2.24, 2.45) is 11.7 Å². The molecule has 0 unspecified atom stereocenters. The fraction of sp³-hybridized carbons (Fsp3) is 0.375. The fourth-order valence-electron chi connectivity index (χ4n) is 2.19. The van der Waals surface area contributed by atoms with E-state index < -0.39 is 17.9 Å². The molecule has 5 nitrogen and oxygen atoms in total. The Bertz CT molecular complexity index is 627. The molecular formula is C16H20N2O3. The normalized spacial score (nSPS) is 14.1. The topological polar surface area (TPSA) is 85.3 Å². The van der Waals surface area contributed by atoms with Gasteiger partial charge in [-0.1, -0.05) is 32.0 Å². The first-order valence-corrected chi connectivity index (χ1v) is 6.98. The van der Waals surface area contributed by atoms with Crippen LogP contribution in [-0.4, -0.2) is 17.9 Å². The predicted molar refractivity (Wildman–Crippen MR) is 80.6 cm³/mol. The third-order valence-corrected chi connectivity index (χ3v) is 3.54. The molecule has 0 fully saturated rings. The second kappa shape index (κ2) is 5.99. The number of nitrogens with two attached hydrogens (primary N) is 1. The molecule has 0 saturated heterocycles. The summed E-state index contributed by atoms with van der Waals surface area (Å²) in [6, 6.07) is 8.73. The lowest BCUT2D eigenvalue weighted by atomic mass is 10.0. The zero-order chi connectivity index (χ0) is 15.6. The molecule has 2 atom stereocenters. The maximum Gasteiger partial charge on any atom is 0.240 e. The van der Waals surface area contributed by atoms with E-state index in [1.165, 1.54) is 0 Å². The Morgan fingerprint density at radius 3 is 2.43 bits per heavy atom. The predicted octanol–water partition coefficient (Wildman–Crippen LogP) is 2.16. The maximum atomic E-state index is 12.3. The zero-order valence-electron chi connectivity index (χ0n) is 12.4. The van der Waals surface area contributed by atoms with Gasteiger partial charge < -0.3 is 15.5 Å². The number of hydrogen-bond acceptors (Lipinski definition) is 3. The van der Waals surface area contributed by atoms with Gasteiger partial charge in [0.05, 0.1) is 5.92 Å². The number of amides is 2. The number of furan rings is 1. The van der Waals surface area contributed by atoms with E-state index in [0.29, 0.717) is 5.76 Å². The molecule has 0 saturated carbocycles. The SMILES string of the molecule is CC(C)[C@H](NC(=O)[C@@H](C)c1cc2ccccc2o1)C(N)=O. The van der Waals surface area contributed by atoms with E-state index in [1.807, 2.05) is 44.2 Å². The molecule has 2 amide bonds. The Labute approximate surface area is 123 Å². The third kappa shape index (κ3) is 3.24. The second-order valence-corrected chi connectivity index (χ2v) is 5.54. The van der Waals surface area contributed by atoms with Crippen LogP contribution in [0.25, 0.3) is 11.0 Å². The van der Waals surface area contributed by atoms with E-state index in [2.05, 4.69) is 5.32 Å². The largest absolute Gasteiger partial charge is 0.460 e. The summed E-state index contributed by atoms with van der Waals surface area (Å²) >= 11 is 0. The van der Waals surface area contributed by atoms with Crippen LogP contribution in [0.5, 0.6) is 0 Å². The molecule has 1 aromatic carbocycles. The Kier molecular flexibility index (Phi) is 4.31. The molecule has 5 heteroatoms. The lowest BCUT2D eigenvalue weighted by Crippen LogP contribution is -2.48. The van der Waals surface area contributed by atoms with Crippen molar-refractivity contribution in [3.05, 3.63) is 36.1 Å². The number of carbonyl (C=O) groups is 2. The average Bonchev–Trinajstić information content (AvgIpc) is 2.86. The van der Waals surface area contributed by atoms with Gasteiger partial charge in [0.2, 0.25) is 11.8 Å². The Morgan fingerprint density at radius 2 is 1.86 bits per heavy atom. The molecule has 1 aromatic heterocycles. The molecule has 0 aliphatic heterocycles. The highest BCUT2D eigenvalue weighted by atomic mass is 16.3. The molecule has 1 heterocycles. The van der Waals surface area contributed by atoms with Crippen LogP contribution >= 0.6 is 0 Å². The van der Waals surface area contributed by atoms with E-state index in [0.717, 1.165) is 11.0 Å². The van der Waals surface area contributed by atoms with E-state index >= 15 is 0 Å². The van der Waals surface area contributed by atoms with Gasteiger partial charge in [-0.3, -0.25) is 9.59 Å². The van der Waals surface area contributed by atoms with Gasteiger partial charge in [-0.05, 0) is 25.0 Å². The lowest BCUT2D eigenvalue weighted by Gasteiger charge is -2.20. The van der Waals surface area contributed by atoms with Gasteiger partial charge in [0.15, 0.2) is 0 Å². The van der Waals surface area contributed by atoms with Crippen LogP contribution in [0, 0.1) is 5.92 Å². The lowest BCUT2D eigenvalue weighted by molar-refractivity contribution is -0.129. The van der Waals surface area contributed by atoms with Gasteiger partial charge in [-0.2, -0.15) is 0 Å². The highest BCUT2D eigenvalue weighted by Gasteiger charge is 2.26. The first kappa shape index (κ1) is 15.1. The molecular weight excluding hydrogens is 268 g/mol. The zero-order valence-corrected chi connectivity index (χ0v) is 12.4. The summed E-state index contributed by atoms with van der Waals surface area (Å²) in [6.07, 6.45) is 0. The van der Waals surface area contributed by atoms with Gasteiger partial charge in [-0.25, -0.2) is 0 Å². The maximum absolute atomic E-state index is 12.3. The summed E-state index contributed by atoms with van der Waals surface area (Å²) in [7, 11) is 0. The summed E-state index contributed by atoms with van der Waals surface area (Å²) in [6.45, 7) is 5.41. The molecule has 21 heavy (non-hydrogen) atoms. The van der Waals surface area contributed by atoms with Crippen molar-refractivity contribution in [2.45, 2.75) is 32.7 Å². The first-order chi connectivity index (χ1) is 9.90. The highest BCUT2D eigenvalue weighted by Crippen LogP contribution is 2.25. The van der Waals surface area contributed by atoms with Gasteiger partial charge >= 0.3 is 0 Å². The van der Waals surface area contributed by atoms with E-state index in [-0.39, 0.29) is 11.8 Å². The molecule has 2 aromatic rings. The van der Waals surface area contributed by atoms with Gasteiger partial charge in [0.25, 0.3) is 0 Å². The van der Waals surface area contributed by atoms with Crippen molar-refractivity contribution in [3.63, 3.8) is 0 Å². The number of hydrogen-bond donors (Lipinski definition) is 2. The van der Waals surface area contributed by atoms with E-state index in [4.69, 9.17) is 10.2 Å². The number of benzene rings is 1.